The van der Waals surface area contributed by atoms with E-state index in [0.29, 0.717) is 6.04 Å². The molecule has 204 valence electrons. The fraction of sp³-hybridized carbons (Fsp3) is 0.567. The number of hydrogen-bond donors (Lipinski definition) is 0. The summed E-state index contributed by atoms with van der Waals surface area (Å²) < 4.78 is 7.95. The predicted octanol–water partition coefficient (Wildman–Crippen LogP) is 4.88. The van der Waals surface area contributed by atoms with Gasteiger partial charge in [0.2, 0.25) is 0 Å². The first kappa shape index (κ1) is 26.6. The summed E-state index contributed by atoms with van der Waals surface area (Å²) in [4.78, 5) is 28.9. The Kier molecular flexibility index (Phi) is 8.00. The standard InChI is InChI=1S/C30H42N6O2/c1-30(2,3)38-29(37)35-20-18-34(19-21-35)16-9-17-36-25-13-6-5-12-24(25)32-27(36)22-33(4)26-14-7-10-23-11-8-15-31-28(23)26/h5-6,8,11-13,15,26H,7,9-10,14,16-22H2,1-4H3. The van der Waals surface area contributed by atoms with Crippen LogP contribution in [0, 0.1) is 0 Å². The lowest BCUT2D eigenvalue weighted by Gasteiger charge is -2.35. The van der Waals surface area contributed by atoms with Crippen molar-refractivity contribution < 1.29 is 9.53 Å². The largest absolute Gasteiger partial charge is 0.444 e. The molecular weight excluding hydrogens is 476 g/mol. The highest BCUT2D eigenvalue weighted by Gasteiger charge is 2.27. The van der Waals surface area contributed by atoms with Crippen LogP contribution >= 0.6 is 0 Å². The van der Waals surface area contributed by atoms with E-state index in [1.807, 2.05) is 31.9 Å². The van der Waals surface area contributed by atoms with Gasteiger partial charge in [-0.25, -0.2) is 9.78 Å². The fourth-order valence-corrected chi connectivity index (χ4v) is 5.78. The maximum absolute atomic E-state index is 12.4. The zero-order valence-corrected chi connectivity index (χ0v) is 23.4. The van der Waals surface area contributed by atoms with Crippen molar-refractivity contribution in [1.82, 2.24) is 29.2 Å². The third-order valence-corrected chi connectivity index (χ3v) is 7.70. The molecule has 38 heavy (non-hydrogen) atoms. The first-order valence-electron chi connectivity index (χ1n) is 14.1. The second-order valence-corrected chi connectivity index (χ2v) is 11.7. The Morgan fingerprint density at radius 3 is 2.66 bits per heavy atom. The van der Waals surface area contributed by atoms with E-state index in [1.54, 1.807) is 0 Å². The molecule has 3 heterocycles. The Morgan fingerprint density at radius 2 is 1.87 bits per heavy atom. The molecule has 0 bridgehead atoms. The molecule has 8 heteroatoms. The van der Waals surface area contributed by atoms with Gasteiger partial charge in [0, 0.05) is 38.9 Å². The molecule has 3 aromatic rings. The minimum atomic E-state index is -0.454. The van der Waals surface area contributed by atoms with Crippen molar-refractivity contribution in [3.05, 3.63) is 59.7 Å². The van der Waals surface area contributed by atoms with Crippen molar-refractivity contribution in [3.63, 3.8) is 0 Å². The predicted molar refractivity (Wildman–Crippen MR) is 150 cm³/mol. The summed E-state index contributed by atoms with van der Waals surface area (Å²) >= 11 is 0. The zero-order valence-electron chi connectivity index (χ0n) is 23.4. The highest BCUT2D eigenvalue weighted by atomic mass is 16.6. The average Bonchev–Trinajstić information content (AvgIpc) is 3.24. The van der Waals surface area contributed by atoms with E-state index in [9.17, 15) is 4.79 Å². The van der Waals surface area contributed by atoms with E-state index in [0.717, 1.165) is 76.4 Å². The Hall–Kier alpha value is -2.97. The smallest absolute Gasteiger partial charge is 0.410 e. The van der Waals surface area contributed by atoms with Crippen LogP contribution < -0.4 is 0 Å². The number of rotatable bonds is 7. The van der Waals surface area contributed by atoms with Crippen molar-refractivity contribution in [2.45, 2.75) is 71.2 Å². The van der Waals surface area contributed by atoms with Gasteiger partial charge in [-0.05, 0) is 83.8 Å². The van der Waals surface area contributed by atoms with E-state index >= 15 is 0 Å². The molecule has 1 aromatic carbocycles. The summed E-state index contributed by atoms with van der Waals surface area (Å²) in [7, 11) is 2.21. The van der Waals surface area contributed by atoms with Crippen LogP contribution in [0.15, 0.2) is 42.6 Å². The molecule has 0 radical (unpaired) electrons. The highest BCUT2D eigenvalue weighted by molar-refractivity contribution is 5.75. The topological polar surface area (TPSA) is 66.7 Å². The molecule has 1 aliphatic carbocycles. The van der Waals surface area contributed by atoms with E-state index < -0.39 is 5.60 Å². The molecule has 2 aliphatic rings. The van der Waals surface area contributed by atoms with E-state index in [1.165, 1.54) is 23.2 Å². The third kappa shape index (κ3) is 6.18. The van der Waals surface area contributed by atoms with Crippen LogP contribution in [0.25, 0.3) is 11.0 Å². The Labute approximate surface area is 226 Å². The van der Waals surface area contributed by atoms with Crippen molar-refractivity contribution in [1.29, 1.82) is 0 Å². The number of fused-ring (bicyclic) bond motifs is 2. The van der Waals surface area contributed by atoms with Crippen LogP contribution in [-0.2, 0) is 24.2 Å². The third-order valence-electron chi connectivity index (χ3n) is 7.70. The van der Waals surface area contributed by atoms with Crippen LogP contribution in [0.5, 0.6) is 0 Å². The molecule has 5 rings (SSSR count). The quantitative estimate of drug-likeness (QED) is 0.444. The number of carbonyl (C=O) groups excluding carboxylic acids is 1. The number of para-hydroxylation sites is 2. The molecule has 1 saturated heterocycles. The zero-order chi connectivity index (χ0) is 26.7. The van der Waals surface area contributed by atoms with Gasteiger partial charge >= 0.3 is 6.09 Å². The number of imidazole rings is 1. The number of benzene rings is 1. The molecule has 1 unspecified atom stereocenters. The maximum Gasteiger partial charge on any atom is 0.410 e. The lowest BCUT2D eigenvalue weighted by atomic mass is 9.91. The van der Waals surface area contributed by atoms with Gasteiger partial charge in [0.15, 0.2) is 0 Å². The average molecular weight is 519 g/mol. The SMILES string of the molecule is CN(Cc1nc2ccccc2n1CCCN1CCN(C(=O)OC(C)(C)C)CC1)C1CCCc2cccnc21. The number of ether oxygens (including phenoxy) is 1. The van der Waals surface area contributed by atoms with E-state index in [4.69, 9.17) is 14.7 Å². The van der Waals surface area contributed by atoms with Gasteiger partial charge < -0.3 is 14.2 Å². The molecule has 1 aliphatic heterocycles. The number of carbonyl (C=O) groups is 1. The number of aryl methyl sites for hydroxylation is 2. The number of aromatic nitrogens is 3. The van der Waals surface area contributed by atoms with Gasteiger partial charge in [-0.3, -0.25) is 14.8 Å². The normalized spacial score (nSPS) is 18.7. The number of nitrogens with zero attached hydrogens (tertiary/aromatic N) is 6. The molecule has 1 amide bonds. The fourth-order valence-electron chi connectivity index (χ4n) is 5.78. The van der Waals surface area contributed by atoms with Crippen molar-refractivity contribution in [3.8, 4) is 0 Å². The molecular formula is C30H42N6O2. The van der Waals surface area contributed by atoms with Gasteiger partial charge in [-0.15, -0.1) is 0 Å². The first-order chi connectivity index (χ1) is 18.3. The summed E-state index contributed by atoms with van der Waals surface area (Å²) in [6, 6.07) is 13.1. The molecule has 0 spiro atoms. The summed E-state index contributed by atoms with van der Waals surface area (Å²) in [5.41, 5.74) is 4.42. The van der Waals surface area contributed by atoms with Crippen LogP contribution in [0.3, 0.4) is 0 Å². The second kappa shape index (κ2) is 11.4. The molecule has 8 nitrogen and oxygen atoms in total. The van der Waals surface area contributed by atoms with Crippen molar-refractivity contribution in [2.75, 3.05) is 39.8 Å². The number of pyridine rings is 1. The van der Waals surface area contributed by atoms with Crippen molar-refractivity contribution in [2.24, 2.45) is 0 Å². The van der Waals surface area contributed by atoms with Crippen molar-refractivity contribution >= 4 is 17.1 Å². The summed E-state index contributed by atoms with van der Waals surface area (Å²) in [6.45, 7) is 11.7. The van der Waals surface area contributed by atoms with Gasteiger partial charge in [-0.2, -0.15) is 0 Å². The molecule has 2 aromatic heterocycles. The lowest BCUT2D eigenvalue weighted by molar-refractivity contribution is 0.0144. The van der Waals surface area contributed by atoms with Gasteiger partial charge in [0.05, 0.1) is 29.3 Å². The van der Waals surface area contributed by atoms with Crippen LogP contribution in [0.1, 0.15) is 63.2 Å². The maximum atomic E-state index is 12.4. The van der Waals surface area contributed by atoms with Gasteiger partial charge in [0.1, 0.15) is 11.4 Å². The summed E-state index contributed by atoms with van der Waals surface area (Å²) in [6.07, 6.45) is 6.22. The molecule has 1 atom stereocenters. The first-order valence-corrected chi connectivity index (χ1v) is 14.1. The van der Waals surface area contributed by atoms with E-state index in [2.05, 4.69) is 57.8 Å². The Bertz CT molecular complexity index is 1240. The summed E-state index contributed by atoms with van der Waals surface area (Å²) in [5, 5.41) is 0. The summed E-state index contributed by atoms with van der Waals surface area (Å²) in [5.74, 6) is 1.12. The van der Waals surface area contributed by atoms with E-state index in [-0.39, 0.29) is 6.09 Å². The lowest BCUT2D eigenvalue weighted by Crippen LogP contribution is -2.50. The molecule has 0 saturated carbocycles. The molecule has 1 fully saturated rings. The highest BCUT2D eigenvalue weighted by Crippen LogP contribution is 2.33. The molecule has 0 N–H and O–H groups in total. The van der Waals surface area contributed by atoms with Crippen LogP contribution in [0.2, 0.25) is 0 Å². The minimum Gasteiger partial charge on any atom is -0.444 e. The second-order valence-electron chi connectivity index (χ2n) is 11.7. The monoisotopic (exact) mass is 518 g/mol. The Balaban J connectivity index is 1.21. The number of piperazine rings is 1. The number of amides is 1. The van der Waals surface area contributed by atoms with Crippen LogP contribution in [0.4, 0.5) is 4.79 Å². The van der Waals surface area contributed by atoms with Crippen LogP contribution in [-0.4, -0.2) is 80.7 Å². The number of hydrogen-bond acceptors (Lipinski definition) is 6. The Morgan fingerprint density at radius 1 is 1.08 bits per heavy atom. The van der Waals surface area contributed by atoms with Gasteiger partial charge in [0.25, 0.3) is 0 Å². The van der Waals surface area contributed by atoms with Gasteiger partial charge in [-0.1, -0.05) is 18.2 Å². The minimum absolute atomic E-state index is 0.202.